The van der Waals surface area contributed by atoms with Crippen molar-refractivity contribution < 1.29 is 19.2 Å². The molecule has 0 radical (unpaired) electrons. The first kappa shape index (κ1) is 20.8. The van der Waals surface area contributed by atoms with E-state index in [9.17, 15) is 19.7 Å². The highest BCUT2D eigenvalue weighted by Crippen LogP contribution is 2.27. The molecule has 146 valence electrons. The number of cyclic esters (lactones) is 1. The number of nitro groups is 1. The van der Waals surface area contributed by atoms with Gasteiger partial charge in [0.05, 0.1) is 10.8 Å². The number of rotatable bonds is 8. The van der Waals surface area contributed by atoms with Crippen molar-refractivity contribution in [2.45, 2.75) is 51.6 Å². The predicted octanol–water partition coefficient (Wildman–Crippen LogP) is 3.31. The highest BCUT2D eigenvalue weighted by molar-refractivity contribution is 7.80. The van der Waals surface area contributed by atoms with E-state index in [1.54, 1.807) is 0 Å². The standard InChI is InChI=1S/C18H23N3O5S/c1-2-3-4-5-15-10-12(17(23)26-15)11-16(22)20-18(27)19-13-6-8-14(9-7-13)21(24)25/h6-9,12,15H,2-5,10-11H2,1H3,(H2,19,20,22,27)/t12-,15+/m0/s1. The number of esters is 1. The van der Waals surface area contributed by atoms with Gasteiger partial charge in [0, 0.05) is 24.2 Å². The van der Waals surface area contributed by atoms with Crippen molar-refractivity contribution in [2.75, 3.05) is 5.32 Å². The van der Waals surface area contributed by atoms with Crippen LogP contribution in [0, 0.1) is 16.0 Å². The maximum Gasteiger partial charge on any atom is 0.309 e. The summed E-state index contributed by atoms with van der Waals surface area (Å²) < 4.78 is 5.33. The number of unbranched alkanes of at least 4 members (excludes halogenated alkanes) is 2. The predicted molar refractivity (Wildman–Crippen MR) is 104 cm³/mol. The van der Waals surface area contributed by atoms with Crippen LogP contribution in [0.1, 0.15) is 45.4 Å². The van der Waals surface area contributed by atoms with Gasteiger partial charge in [-0.15, -0.1) is 0 Å². The summed E-state index contributed by atoms with van der Waals surface area (Å²) in [5, 5.41) is 16.0. The summed E-state index contributed by atoms with van der Waals surface area (Å²) >= 11 is 5.07. The van der Waals surface area contributed by atoms with Crippen molar-refractivity contribution in [1.82, 2.24) is 5.32 Å². The summed E-state index contributed by atoms with van der Waals surface area (Å²) in [6.45, 7) is 2.11. The van der Waals surface area contributed by atoms with E-state index >= 15 is 0 Å². The number of anilines is 1. The molecule has 0 spiro atoms. The van der Waals surface area contributed by atoms with E-state index in [4.69, 9.17) is 17.0 Å². The van der Waals surface area contributed by atoms with E-state index in [0.29, 0.717) is 12.1 Å². The molecule has 1 amide bonds. The SMILES string of the molecule is CCCCC[C@@H]1C[C@@H](CC(=O)NC(=S)Nc2ccc([N+](=O)[O-])cc2)C(=O)O1. The molecule has 1 aromatic rings. The minimum atomic E-state index is -0.500. The van der Waals surface area contributed by atoms with Gasteiger partial charge >= 0.3 is 5.97 Å². The van der Waals surface area contributed by atoms with Crippen LogP contribution in [-0.2, 0) is 14.3 Å². The van der Waals surface area contributed by atoms with Gasteiger partial charge in [-0.05, 0) is 43.6 Å². The normalized spacial score (nSPS) is 18.6. The lowest BCUT2D eigenvalue weighted by atomic mass is 9.98. The third-order valence-electron chi connectivity index (χ3n) is 4.31. The van der Waals surface area contributed by atoms with Gasteiger partial charge in [0.25, 0.3) is 5.69 Å². The molecule has 8 nitrogen and oxygen atoms in total. The minimum absolute atomic E-state index is 0.0190. The molecule has 1 aromatic carbocycles. The van der Waals surface area contributed by atoms with Crippen LogP contribution in [0.2, 0.25) is 0 Å². The van der Waals surface area contributed by atoms with Gasteiger partial charge in [-0.3, -0.25) is 19.7 Å². The molecule has 0 bridgehead atoms. The Balaban J connectivity index is 1.77. The molecule has 1 aliphatic rings. The first-order chi connectivity index (χ1) is 12.9. The Labute approximate surface area is 162 Å². The second-order valence-corrected chi connectivity index (χ2v) is 6.91. The summed E-state index contributed by atoms with van der Waals surface area (Å²) in [5.41, 5.74) is 0.478. The Morgan fingerprint density at radius 3 is 2.67 bits per heavy atom. The molecule has 9 heteroatoms. The van der Waals surface area contributed by atoms with Crippen molar-refractivity contribution in [3.63, 3.8) is 0 Å². The van der Waals surface area contributed by atoms with Crippen molar-refractivity contribution in [3.05, 3.63) is 34.4 Å². The zero-order valence-electron chi connectivity index (χ0n) is 15.1. The van der Waals surface area contributed by atoms with Crippen LogP contribution < -0.4 is 10.6 Å². The zero-order valence-corrected chi connectivity index (χ0v) is 15.9. The van der Waals surface area contributed by atoms with Crippen molar-refractivity contribution >= 4 is 40.6 Å². The van der Waals surface area contributed by atoms with Crippen molar-refractivity contribution in [1.29, 1.82) is 0 Å². The number of carbonyl (C=O) groups excluding carboxylic acids is 2. The van der Waals surface area contributed by atoms with Gasteiger partial charge in [-0.1, -0.05) is 19.8 Å². The number of carbonyl (C=O) groups is 2. The fraction of sp³-hybridized carbons (Fsp3) is 0.500. The molecule has 0 saturated carbocycles. The van der Waals surface area contributed by atoms with E-state index in [1.807, 2.05) is 0 Å². The summed E-state index contributed by atoms with van der Waals surface area (Å²) in [4.78, 5) is 34.2. The quantitative estimate of drug-likeness (QED) is 0.229. The maximum absolute atomic E-state index is 12.1. The third-order valence-corrected chi connectivity index (χ3v) is 4.52. The Morgan fingerprint density at radius 2 is 2.04 bits per heavy atom. The lowest BCUT2D eigenvalue weighted by molar-refractivity contribution is -0.384. The van der Waals surface area contributed by atoms with Crippen molar-refractivity contribution in [2.24, 2.45) is 5.92 Å². The van der Waals surface area contributed by atoms with E-state index < -0.39 is 10.8 Å². The van der Waals surface area contributed by atoms with Crippen LogP contribution in [-0.4, -0.2) is 28.0 Å². The number of nitro benzene ring substituents is 1. The van der Waals surface area contributed by atoms with E-state index in [1.165, 1.54) is 24.3 Å². The van der Waals surface area contributed by atoms with Crippen LogP contribution in [0.15, 0.2) is 24.3 Å². The van der Waals surface area contributed by atoms with Crippen LogP contribution in [0.5, 0.6) is 0 Å². The Morgan fingerprint density at radius 1 is 1.33 bits per heavy atom. The second kappa shape index (κ2) is 9.96. The molecule has 0 aliphatic carbocycles. The molecule has 2 N–H and O–H groups in total. The lowest BCUT2D eigenvalue weighted by Crippen LogP contribution is -2.35. The molecule has 2 rings (SSSR count). The summed E-state index contributed by atoms with van der Waals surface area (Å²) in [7, 11) is 0. The highest BCUT2D eigenvalue weighted by Gasteiger charge is 2.35. The average molecular weight is 393 g/mol. The largest absolute Gasteiger partial charge is 0.462 e. The van der Waals surface area contributed by atoms with Gasteiger partial charge in [0.1, 0.15) is 6.10 Å². The van der Waals surface area contributed by atoms with E-state index in [0.717, 1.165) is 25.7 Å². The second-order valence-electron chi connectivity index (χ2n) is 6.50. The Bertz CT molecular complexity index is 707. The van der Waals surface area contributed by atoms with Crippen molar-refractivity contribution in [3.8, 4) is 0 Å². The van der Waals surface area contributed by atoms with Gasteiger partial charge < -0.3 is 15.4 Å². The van der Waals surface area contributed by atoms with Crippen LogP contribution in [0.25, 0.3) is 0 Å². The Hall–Kier alpha value is -2.55. The summed E-state index contributed by atoms with van der Waals surface area (Å²) in [5.74, 6) is -1.15. The molecule has 1 fully saturated rings. The monoisotopic (exact) mass is 393 g/mol. The number of hydrogen-bond donors (Lipinski definition) is 2. The average Bonchev–Trinajstić information content (AvgIpc) is 2.94. The molecule has 2 atom stereocenters. The molecular formula is C18H23N3O5S. The highest BCUT2D eigenvalue weighted by atomic mass is 32.1. The number of non-ortho nitro benzene ring substituents is 1. The molecular weight excluding hydrogens is 370 g/mol. The Kier molecular flexibility index (Phi) is 7.66. The number of amides is 1. The molecule has 0 aromatic heterocycles. The number of ether oxygens (including phenoxy) is 1. The topological polar surface area (TPSA) is 111 Å². The smallest absolute Gasteiger partial charge is 0.309 e. The molecule has 1 saturated heterocycles. The van der Waals surface area contributed by atoms with Crippen LogP contribution in [0.3, 0.4) is 0 Å². The molecule has 0 unspecified atom stereocenters. The fourth-order valence-corrected chi connectivity index (χ4v) is 3.15. The van der Waals surface area contributed by atoms with Crippen LogP contribution in [0.4, 0.5) is 11.4 Å². The van der Waals surface area contributed by atoms with Gasteiger partial charge in [-0.25, -0.2) is 0 Å². The lowest BCUT2D eigenvalue weighted by Gasteiger charge is -2.10. The van der Waals surface area contributed by atoms with Gasteiger partial charge in [0.2, 0.25) is 5.91 Å². The van der Waals surface area contributed by atoms with Gasteiger partial charge in [0.15, 0.2) is 5.11 Å². The molecule has 27 heavy (non-hydrogen) atoms. The van der Waals surface area contributed by atoms with E-state index in [2.05, 4.69) is 17.6 Å². The fourth-order valence-electron chi connectivity index (χ4n) is 2.92. The van der Waals surface area contributed by atoms with E-state index in [-0.39, 0.29) is 35.2 Å². The van der Waals surface area contributed by atoms with Crippen LogP contribution >= 0.6 is 12.2 Å². The number of nitrogens with one attached hydrogen (secondary N) is 2. The summed E-state index contributed by atoms with van der Waals surface area (Å²) in [6.07, 6.45) is 4.51. The number of nitrogens with zero attached hydrogens (tertiary/aromatic N) is 1. The first-order valence-corrected chi connectivity index (χ1v) is 9.35. The molecule has 1 heterocycles. The number of thiocarbonyl (C=S) groups is 1. The molecule has 1 aliphatic heterocycles. The zero-order chi connectivity index (χ0) is 19.8. The summed E-state index contributed by atoms with van der Waals surface area (Å²) in [6, 6.07) is 5.65. The third kappa shape index (κ3) is 6.59. The van der Waals surface area contributed by atoms with Gasteiger partial charge in [-0.2, -0.15) is 0 Å². The number of hydrogen-bond acceptors (Lipinski definition) is 6. The minimum Gasteiger partial charge on any atom is -0.462 e. The maximum atomic E-state index is 12.1. The number of benzene rings is 1. The first-order valence-electron chi connectivity index (χ1n) is 8.94.